The Balaban J connectivity index is 1.40. The quantitative estimate of drug-likeness (QED) is 0.720. The number of hydrogen-bond acceptors (Lipinski definition) is 5. The van der Waals surface area contributed by atoms with Crippen LogP contribution in [-0.4, -0.2) is 27.6 Å². The summed E-state index contributed by atoms with van der Waals surface area (Å²) in [5.41, 5.74) is 2.91. The molecule has 4 rings (SSSR count). The van der Waals surface area contributed by atoms with Crippen LogP contribution in [0.15, 0.2) is 46.7 Å². The van der Waals surface area contributed by atoms with Crippen LogP contribution in [0, 0.1) is 0 Å². The first-order valence-electron chi connectivity index (χ1n) is 7.64. The van der Waals surface area contributed by atoms with E-state index in [-0.39, 0.29) is 11.5 Å². The molecular formula is C17H15N3O2S2. The zero-order valence-corrected chi connectivity index (χ0v) is 14.5. The van der Waals surface area contributed by atoms with Crippen LogP contribution < -0.4 is 10.5 Å². The molecule has 0 atom stereocenters. The summed E-state index contributed by atoms with van der Waals surface area (Å²) in [6, 6.07) is 9.58. The lowest BCUT2D eigenvalue weighted by Gasteiger charge is -2.16. The Morgan fingerprint density at radius 1 is 1.33 bits per heavy atom. The fourth-order valence-corrected chi connectivity index (χ4v) is 4.41. The number of rotatable bonds is 4. The van der Waals surface area contributed by atoms with E-state index in [2.05, 4.69) is 11.1 Å². The van der Waals surface area contributed by atoms with Gasteiger partial charge in [0.1, 0.15) is 0 Å². The maximum Gasteiger partial charge on any atom is 0.258 e. The highest BCUT2D eigenvalue weighted by Gasteiger charge is 2.23. The van der Waals surface area contributed by atoms with Crippen LogP contribution in [-0.2, 0) is 17.0 Å². The van der Waals surface area contributed by atoms with Crippen molar-refractivity contribution in [2.24, 2.45) is 0 Å². The molecule has 122 valence electrons. The fourth-order valence-electron chi connectivity index (χ4n) is 2.88. The lowest BCUT2D eigenvalue weighted by Crippen LogP contribution is -2.30. The second-order valence-corrected chi connectivity index (χ2v) is 7.42. The molecule has 1 aliphatic heterocycles. The average molecular weight is 357 g/mol. The molecule has 0 fully saturated rings. The van der Waals surface area contributed by atoms with Crippen molar-refractivity contribution in [1.82, 2.24) is 9.38 Å². The third kappa shape index (κ3) is 2.85. The second kappa shape index (κ2) is 6.41. The topological polar surface area (TPSA) is 54.7 Å². The molecule has 0 saturated carbocycles. The monoisotopic (exact) mass is 357 g/mol. The number of aromatic nitrogens is 2. The standard InChI is InChI=1S/C17H15N3O2S2/c21-15-9-13(18-17-20(15)7-8-24-17)10-23-11-16(22)19-6-5-12-3-1-2-4-14(12)19/h1-4,7-9H,5-6,10-11H2. The molecule has 3 heterocycles. The fraction of sp³-hybridized carbons (Fsp3) is 0.235. The van der Waals surface area contributed by atoms with Crippen LogP contribution in [0.25, 0.3) is 4.96 Å². The third-order valence-corrected chi connectivity index (χ3v) is 5.73. The maximum atomic E-state index is 12.5. The molecule has 2 aromatic heterocycles. The van der Waals surface area contributed by atoms with E-state index in [9.17, 15) is 9.59 Å². The highest BCUT2D eigenvalue weighted by atomic mass is 32.2. The van der Waals surface area contributed by atoms with Gasteiger partial charge in [-0.1, -0.05) is 18.2 Å². The molecular weight excluding hydrogens is 342 g/mol. The van der Waals surface area contributed by atoms with Gasteiger partial charge in [0.05, 0.1) is 11.4 Å². The van der Waals surface area contributed by atoms with E-state index in [1.165, 1.54) is 33.1 Å². The van der Waals surface area contributed by atoms with Crippen molar-refractivity contribution < 1.29 is 4.79 Å². The molecule has 3 aromatic rings. The first-order valence-corrected chi connectivity index (χ1v) is 9.67. The summed E-state index contributed by atoms with van der Waals surface area (Å²) in [6.45, 7) is 0.749. The van der Waals surface area contributed by atoms with Crippen LogP contribution >= 0.6 is 23.1 Å². The minimum Gasteiger partial charge on any atom is -0.311 e. The number of benzene rings is 1. The lowest BCUT2D eigenvalue weighted by atomic mass is 10.2. The molecule has 0 N–H and O–H groups in total. The SMILES string of the molecule is O=C(CSCc1cc(=O)n2ccsc2n1)N1CCc2ccccc21. The van der Waals surface area contributed by atoms with Gasteiger partial charge >= 0.3 is 0 Å². The lowest BCUT2D eigenvalue weighted by molar-refractivity contribution is -0.116. The number of hydrogen-bond donors (Lipinski definition) is 0. The Labute approximate surface area is 147 Å². The largest absolute Gasteiger partial charge is 0.311 e. The van der Waals surface area contributed by atoms with E-state index in [0.29, 0.717) is 16.5 Å². The van der Waals surface area contributed by atoms with Gasteiger partial charge in [-0.2, -0.15) is 0 Å². The normalized spacial score (nSPS) is 13.4. The Kier molecular flexibility index (Phi) is 4.12. The number of anilines is 1. The Morgan fingerprint density at radius 2 is 2.21 bits per heavy atom. The Morgan fingerprint density at radius 3 is 3.12 bits per heavy atom. The van der Waals surface area contributed by atoms with Gasteiger partial charge in [0, 0.05) is 35.6 Å². The molecule has 0 saturated heterocycles. The highest BCUT2D eigenvalue weighted by molar-refractivity contribution is 7.99. The summed E-state index contributed by atoms with van der Waals surface area (Å²) < 4.78 is 1.53. The van der Waals surface area contributed by atoms with Crippen molar-refractivity contribution in [2.45, 2.75) is 12.2 Å². The summed E-state index contributed by atoms with van der Waals surface area (Å²) in [4.78, 5) is 31.4. The number of carbonyl (C=O) groups excluding carboxylic acids is 1. The molecule has 0 radical (unpaired) electrons. The molecule has 0 bridgehead atoms. The van der Waals surface area contributed by atoms with Gasteiger partial charge in [-0.05, 0) is 18.1 Å². The van der Waals surface area contributed by atoms with E-state index in [1.54, 1.807) is 12.3 Å². The van der Waals surface area contributed by atoms with Gasteiger partial charge in [0.25, 0.3) is 5.56 Å². The van der Waals surface area contributed by atoms with Gasteiger partial charge in [0.15, 0.2) is 4.96 Å². The number of amides is 1. The highest BCUT2D eigenvalue weighted by Crippen LogP contribution is 2.28. The van der Waals surface area contributed by atoms with Crippen LogP contribution in [0.2, 0.25) is 0 Å². The molecule has 1 amide bonds. The van der Waals surface area contributed by atoms with Crippen LogP contribution in [0.5, 0.6) is 0 Å². The summed E-state index contributed by atoms with van der Waals surface area (Å²) in [7, 11) is 0. The van der Waals surface area contributed by atoms with Gasteiger partial charge < -0.3 is 4.90 Å². The smallest absolute Gasteiger partial charge is 0.258 e. The molecule has 7 heteroatoms. The zero-order chi connectivity index (χ0) is 16.5. The Hall–Kier alpha value is -2.12. The minimum atomic E-state index is -0.0725. The third-order valence-electron chi connectivity index (χ3n) is 4.02. The predicted molar refractivity (Wildman–Crippen MR) is 98.0 cm³/mol. The van der Waals surface area contributed by atoms with Crippen molar-refractivity contribution in [3.8, 4) is 0 Å². The maximum absolute atomic E-state index is 12.5. The molecule has 0 unspecified atom stereocenters. The van der Waals surface area contributed by atoms with Crippen LogP contribution in [0.3, 0.4) is 0 Å². The molecule has 5 nitrogen and oxygen atoms in total. The van der Waals surface area contributed by atoms with E-state index in [4.69, 9.17) is 0 Å². The van der Waals surface area contributed by atoms with Gasteiger partial charge in [0.2, 0.25) is 5.91 Å². The second-order valence-electron chi connectivity index (χ2n) is 5.56. The van der Waals surface area contributed by atoms with Crippen molar-refractivity contribution in [3.63, 3.8) is 0 Å². The predicted octanol–water partition coefficient (Wildman–Crippen LogP) is 2.58. The molecule has 0 spiro atoms. The van der Waals surface area contributed by atoms with Gasteiger partial charge in [-0.3, -0.25) is 14.0 Å². The minimum absolute atomic E-state index is 0.0725. The van der Waals surface area contributed by atoms with Crippen molar-refractivity contribution in [3.05, 3.63) is 63.5 Å². The van der Waals surface area contributed by atoms with E-state index < -0.39 is 0 Å². The van der Waals surface area contributed by atoms with Crippen LogP contribution in [0.1, 0.15) is 11.3 Å². The number of thiazole rings is 1. The first kappa shape index (κ1) is 15.4. The first-order chi connectivity index (χ1) is 11.7. The summed E-state index contributed by atoms with van der Waals surface area (Å²) in [5.74, 6) is 1.06. The van der Waals surface area contributed by atoms with Crippen molar-refractivity contribution >= 4 is 39.7 Å². The van der Waals surface area contributed by atoms with Crippen molar-refractivity contribution in [2.75, 3.05) is 17.2 Å². The Bertz CT molecular complexity index is 964. The molecule has 1 aromatic carbocycles. The number of thioether (sulfide) groups is 1. The van der Waals surface area contributed by atoms with E-state index >= 15 is 0 Å². The van der Waals surface area contributed by atoms with Gasteiger partial charge in [-0.15, -0.1) is 23.1 Å². The van der Waals surface area contributed by atoms with E-state index in [1.807, 2.05) is 28.5 Å². The van der Waals surface area contributed by atoms with Gasteiger partial charge in [-0.25, -0.2) is 4.98 Å². The van der Waals surface area contributed by atoms with E-state index in [0.717, 1.165) is 24.3 Å². The van der Waals surface area contributed by atoms with Crippen LogP contribution in [0.4, 0.5) is 5.69 Å². The number of nitrogens with zero attached hydrogens (tertiary/aromatic N) is 3. The summed E-state index contributed by atoms with van der Waals surface area (Å²) in [6.07, 6.45) is 2.64. The zero-order valence-electron chi connectivity index (χ0n) is 12.8. The molecule has 1 aliphatic rings. The van der Waals surface area contributed by atoms with Crippen molar-refractivity contribution in [1.29, 1.82) is 0 Å². The number of fused-ring (bicyclic) bond motifs is 2. The summed E-state index contributed by atoms with van der Waals surface area (Å²) in [5, 5.41) is 1.84. The molecule has 24 heavy (non-hydrogen) atoms. The average Bonchev–Trinajstić information content (AvgIpc) is 3.21. The number of carbonyl (C=O) groups is 1. The molecule has 0 aliphatic carbocycles. The number of para-hydroxylation sites is 1. The summed E-state index contributed by atoms with van der Waals surface area (Å²) >= 11 is 2.93.